The number of carboxylic acid groups (broad SMARTS) is 1. The van der Waals surface area contributed by atoms with Crippen molar-refractivity contribution in [2.75, 3.05) is 39.3 Å². The molecule has 2 aliphatic rings. The van der Waals surface area contributed by atoms with E-state index in [2.05, 4.69) is 14.8 Å². The van der Waals surface area contributed by atoms with Gasteiger partial charge in [-0.2, -0.15) is 0 Å². The van der Waals surface area contributed by atoms with Gasteiger partial charge in [-0.05, 0) is 44.5 Å². The SMILES string of the molecule is O=C(O)c1cccc(CN2CCCO[C@@H](CN3CCCC3)C2)n1. The van der Waals surface area contributed by atoms with Gasteiger partial charge in [-0.1, -0.05) is 6.07 Å². The molecule has 23 heavy (non-hydrogen) atoms. The predicted octanol–water partition coefficient (Wildman–Crippen LogP) is 1.47. The molecule has 0 spiro atoms. The van der Waals surface area contributed by atoms with E-state index in [4.69, 9.17) is 9.84 Å². The van der Waals surface area contributed by atoms with E-state index in [9.17, 15) is 4.79 Å². The highest BCUT2D eigenvalue weighted by Crippen LogP contribution is 2.14. The van der Waals surface area contributed by atoms with Crippen LogP contribution in [0.4, 0.5) is 0 Å². The number of rotatable bonds is 5. The topological polar surface area (TPSA) is 65.9 Å². The molecule has 3 rings (SSSR count). The Labute approximate surface area is 137 Å². The summed E-state index contributed by atoms with van der Waals surface area (Å²) in [5.41, 5.74) is 0.925. The molecule has 2 saturated heterocycles. The van der Waals surface area contributed by atoms with Gasteiger partial charge in [0.15, 0.2) is 0 Å². The lowest BCUT2D eigenvalue weighted by Gasteiger charge is -2.26. The molecule has 1 atom stereocenters. The number of nitrogens with zero attached hydrogens (tertiary/aromatic N) is 3. The molecule has 1 aromatic rings. The average molecular weight is 319 g/mol. The summed E-state index contributed by atoms with van der Waals surface area (Å²) in [7, 11) is 0. The van der Waals surface area contributed by atoms with Gasteiger partial charge in [-0.15, -0.1) is 0 Å². The van der Waals surface area contributed by atoms with E-state index in [1.54, 1.807) is 6.07 Å². The molecular weight excluding hydrogens is 294 g/mol. The number of carboxylic acids is 1. The van der Waals surface area contributed by atoms with Gasteiger partial charge in [-0.3, -0.25) is 4.90 Å². The molecule has 2 aliphatic heterocycles. The summed E-state index contributed by atoms with van der Waals surface area (Å²) in [5, 5.41) is 9.06. The molecule has 0 aromatic carbocycles. The van der Waals surface area contributed by atoms with Gasteiger partial charge in [0, 0.05) is 32.8 Å². The first-order valence-electron chi connectivity index (χ1n) is 8.46. The Morgan fingerprint density at radius 2 is 2.00 bits per heavy atom. The third-order valence-electron chi connectivity index (χ3n) is 4.51. The Hall–Kier alpha value is -1.50. The van der Waals surface area contributed by atoms with Crippen LogP contribution < -0.4 is 0 Å². The minimum Gasteiger partial charge on any atom is -0.477 e. The maximum Gasteiger partial charge on any atom is 0.354 e. The average Bonchev–Trinajstić information content (AvgIpc) is 2.94. The highest BCUT2D eigenvalue weighted by atomic mass is 16.5. The second-order valence-electron chi connectivity index (χ2n) is 6.41. The van der Waals surface area contributed by atoms with Gasteiger partial charge in [0.25, 0.3) is 0 Å². The lowest BCUT2D eigenvalue weighted by molar-refractivity contribution is 0.0306. The molecule has 0 unspecified atom stereocenters. The number of hydrogen-bond donors (Lipinski definition) is 1. The summed E-state index contributed by atoms with van der Waals surface area (Å²) in [4.78, 5) is 20.1. The summed E-state index contributed by atoms with van der Waals surface area (Å²) < 4.78 is 6.00. The largest absolute Gasteiger partial charge is 0.477 e. The molecule has 0 bridgehead atoms. The second-order valence-corrected chi connectivity index (χ2v) is 6.41. The maximum absolute atomic E-state index is 11.0. The fourth-order valence-corrected chi connectivity index (χ4v) is 3.39. The van der Waals surface area contributed by atoms with Crippen molar-refractivity contribution in [1.29, 1.82) is 0 Å². The summed E-state index contributed by atoms with van der Waals surface area (Å²) in [5.74, 6) is -0.974. The van der Waals surface area contributed by atoms with Crippen LogP contribution in [0.5, 0.6) is 0 Å². The minimum atomic E-state index is -0.974. The van der Waals surface area contributed by atoms with Crippen molar-refractivity contribution < 1.29 is 14.6 Å². The van der Waals surface area contributed by atoms with Crippen LogP contribution in [0, 0.1) is 0 Å². The number of aromatic nitrogens is 1. The molecule has 0 saturated carbocycles. The van der Waals surface area contributed by atoms with E-state index in [1.165, 1.54) is 32.0 Å². The van der Waals surface area contributed by atoms with Gasteiger partial charge in [0.2, 0.25) is 0 Å². The molecule has 126 valence electrons. The van der Waals surface area contributed by atoms with Crippen molar-refractivity contribution in [3.05, 3.63) is 29.6 Å². The van der Waals surface area contributed by atoms with Crippen LogP contribution in [-0.2, 0) is 11.3 Å². The minimum absolute atomic E-state index is 0.113. The maximum atomic E-state index is 11.0. The van der Waals surface area contributed by atoms with Gasteiger partial charge in [-0.25, -0.2) is 9.78 Å². The number of aromatic carboxylic acids is 1. The van der Waals surface area contributed by atoms with Gasteiger partial charge in [0.1, 0.15) is 5.69 Å². The number of carbonyl (C=O) groups is 1. The first kappa shape index (κ1) is 16.4. The number of likely N-dealkylation sites (tertiary alicyclic amines) is 1. The molecule has 0 amide bonds. The van der Waals surface area contributed by atoms with Crippen LogP contribution in [0.1, 0.15) is 35.4 Å². The van der Waals surface area contributed by atoms with Crippen LogP contribution in [0.15, 0.2) is 18.2 Å². The molecule has 0 radical (unpaired) electrons. The Morgan fingerprint density at radius 3 is 2.78 bits per heavy atom. The molecule has 6 heteroatoms. The summed E-state index contributed by atoms with van der Waals surface area (Å²) >= 11 is 0. The Balaban J connectivity index is 1.59. The van der Waals surface area contributed by atoms with E-state index >= 15 is 0 Å². The fraction of sp³-hybridized carbons (Fsp3) is 0.647. The van der Waals surface area contributed by atoms with Crippen LogP contribution in [0.3, 0.4) is 0 Å². The molecule has 1 aromatic heterocycles. The van der Waals surface area contributed by atoms with Crippen molar-refractivity contribution in [2.24, 2.45) is 0 Å². The Kier molecular flexibility index (Phi) is 5.59. The van der Waals surface area contributed by atoms with Crippen LogP contribution in [-0.4, -0.2) is 71.3 Å². The zero-order chi connectivity index (χ0) is 16.1. The Bertz CT molecular complexity index is 532. The van der Waals surface area contributed by atoms with Gasteiger partial charge >= 0.3 is 5.97 Å². The Morgan fingerprint density at radius 1 is 1.22 bits per heavy atom. The third kappa shape index (κ3) is 4.73. The van der Waals surface area contributed by atoms with Crippen LogP contribution in [0.2, 0.25) is 0 Å². The quantitative estimate of drug-likeness (QED) is 0.886. The van der Waals surface area contributed by atoms with Crippen molar-refractivity contribution in [1.82, 2.24) is 14.8 Å². The van der Waals surface area contributed by atoms with Gasteiger partial charge < -0.3 is 14.7 Å². The predicted molar refractivity (Wildman–Crippen MR) is 86.5 cm³/mol. The van der Waals surface area contributed by atoms with Crippen LogP contribution >= 0.6 is 0 Å². The summed E-state index contributed by atoms with van der Waals surface area (Å²) in [6, 6.07) is 5.20. The molecule has 3 heterocycles. The molecule has 0 aliphatic carbocycles. The van der Waals surface area contributed by atoms with Crippen molar-refractivity contribution >= 4 is 5.97 Å². The zero-order valence-electron chi connectivity index (χ0n) is 13.5. The monoisotopic (exact) mass is 319 g/mol. The number of pyridine rings is 1. The number of ether oxygens (including phenoxy) is 1. The molecule has 6 nitrogen and oxygen atoms in total. The fourth-order valence-electron chi connectivity index (χ4n) is 3.39. The van der Waals surface area contributed by atoms with E-state index in [0.29, 0.717) is 6.54 Å². The first-order valence-corrected chi connectivity index (χ1v) is 8.46. The standard InChI is InChI=1S/C17H25N3O3/c21-17(22)16-6-3-5-14(18-16)11-20-9-4-10-23-15(13-20)12-19-7-1-2-8-19/h3,5-6,15H,1-2,4,7-13H2,(H,21,22)/t15-/m0/s1. The van der Waals surface area contributed by atoms with Crippen molar-refractivity contribution in [3.8, 4) is 0 Å². The highest BCUT2D eigenvalue weighted by Gasteiger charge is 2.23. The van der Waals surface area contributed by atoms with Gasteiger partial charge in [0.05, 0.1) is 11.8 Å². The molecule has 1 N–H and O–H groups in total. The zero-order valence-corrected chi connectivity index (χ0v) is 13.5. The molecular formula is C17H25N3O3. The van der Waals surface area contributed by atoms with E-state index in [-0.39, 0.29) is 11.8 Å². The second kappa shape index (κ2) is 7.86. The van der Waals surface area contributed by atoms with Crippen molar-refractivity contribution in [2.45, 2.75) is 31.9 Å². The lowest BCUT2D eigenvalue weighted by atomic mass is 10.2. The molecule has 2 fully saturated rings. The highest BCUT2D eigenvalue weighted by molar-refractivity contribution is 5.85. The van der Waals surface area contributed by atoms with E-state index in [1.807, 2.05) is 6.07 Å². The van der Waals surface area contributed by atoms with E-state index < -0.39 is 5.97 Å². The van der Waals surface area contributed by atoms with Crippen molar-refractivity contribution in [3.63, 3.8) is 0 Å². The smallest absolute Gasteiger partial charge is 0.354 e. The lowest BCUT2D eigenvalue weighted by Crippen LogP contribution is -2.39. The van der Waals surface area contributed by atoms with Crippen LogP contribution in [0.25, 0.3) is 0 Å². The normalized spacial score (nSPS) is 23.7. The third-order valence-corrected chi connectivity index (χ3v) is 4.51. The van der Waals surface area contributed by atoms with E-state index in [0.717, 1.165) is 38.4 Å². The number of hydrogen-bond acceptors (Lipinski definition) is 5. The summed E-state index contributed by atoms with van der Waals surface area (Å²) in [6.07, 6.45) is 3.83. The summed E-state index contributed by atoms with van der Waals surface area (Å²) in [6.45, 7) is 6.70. The first-order chi connectivity index (χ1) is 11.2.